The molecule has 0 bridgehead atoms. The predicted molar refractivity (Wildman–Crippen MR) is 49.5 cm³/mol. The molecular weight excluding hydrogens is 172 g/mol. The fourth-order valence-electron chi connectivity index (χ4n) is 1.36. The predicted octanol–water partition coefficient (Wildman–Crippen LogP) is 3.00. The SMILES string of the molecule is Oc1cccc(Cl)c1CC1CC1. The summed E-state index contributed by atoms with van der Waals surface area (Å²) >= 11 is 5.94. The van der Waals surface area contributed by atoms with Gasteiger partial charge >= 0.3 is 0 Å². The van der Waals surface area contributed by atoms with Crippen LogP contribution in [-0.4, -0.2) is 5.11 Å². The molecule has 0 unspecified atom stereocenters. The van der Waals surface area contributed by atoms with Crippen LogP contribution in [0, 0.1) is 5.92 Å². The maximum Gasteiger partial charge on any atom is 0.120 e. The molecule has 2 heteroatoms. The number of benzene rings is 1. The first-order chi connectivity index (χ1) is 5.77. The van der Waals surface area contributed by atoms with E-state index in [1.807, 2.05) is 6.07 Å². The van der Waals surface area contributed by atoms with Crippen LogP contribution < -0.4 is 0 Å². The van der Waals surface area contributed by atoms with Gasteiger partial charge in [0.25, 0.3) is 0 Å². The van der Waals surface area contributed by atoms with Gasteiger partial charge in [-0.05, 0) is 37.3 Å². The smallest absolute Gasteiger partial charge is 0.120 e. The van der Waals surface area contributed by atoms with E-state index < -0.39 is 0 Å². The molecule has 0 amide bonds. The monoisotopic (exact) mass is 182 g/mol. The maximum absolute atomic E-state index is 9.48. The van der Waals surface area contributed by atoms with Crippen molar-refractivity contribution in [3.05, 3.63) is 28.8 Å². The second kappa shape index (κ2) is 2.98. The second-order valence-corrected chi connectivity index (χ2v) is 3.79. The fraction of sp³-hybridized carbons (Fsp3) is 0.400. The molecule has 1 fully saturated rings. The molecule has 1 saturated carbocycles. The summed E-state index contributed by atoms with van der Waals surface area (Å²) < 4.78 is 0. The van der Waals surface area contributed by atoms with Crippen LogP contribution >= 0.6 is 11.6 Å². The largest absolute Gasteiger partial charge is 0.508 e. The molecule has 12 heavy (non-hydrogen) atoms. The first-order valence-electron chi connectivity index (χ1n) is 4.23. The zero-order valence-corrected chi connectivity index (χ0v) is 7.51. The van der Waals surface area contributed by atoms with E-state index in [4.69, 9.17) is 11.6 Å². The number of rotatable bonds is 2. The highest BCUT2D eigenvalue weighted by Gasteiger charge is 2.23. The maximum atomic E-state index is 9.48. The Morgan fingerprint density at radius 2 is 2.17 bits per heavy atom. The summed E-state index contributed by atoms with van der Waals surface area (Å²) in [6.45, 7) is 0. The van der Waals surface area contributed by atoms with Crippen LogP contribution in [0.15, 0.2) is 18.2 Å². The quantitative estimate of drug-likeness (QED) is 0.746. The van der Waals surface area contributed by atoms with Crippen molar-refractivity contribution in [2.45, 2.75) is 19.3 Å². The van der Waals surface area contributed by atoms with Crippen LogP contribution in [0.1, 0.15) is 18.4 Å². The molecule has 1 aromatic carbocycles. The normalized spacial score (nSPS) is 16.4. The van der Waals surface area contributed by atoms with Gasteiger partial charge in [-0.2, -0.15) is 0 Å². The minimum Gasteiger partial charge on any atom is -0.508 e. The molecule has 0 aliphatic heterocycles. The van der Waals surface area contributed by atoms with Gasteiger partial charge in [0.1, 0.15) is 5.75 Å². The molecule has 1 aliphatic rings. The molecule has 0 spiro atoms. The number of halogens is 1. The Kier molecular flexibility index (Phi) is 1.97. The number of hydrogen-bond donors (Lipinski definition) is 1. The van der Waals surface area contributed by atoms with E-state index in [-0.39, 0.29) is 0 Å². The Hall–Kier alpha value is -0.690. The van der Waals surface area contributed by atoms with Crippen molar-refractivity contribution >= 4 is 11.6 Å². The molecule has 0 saturated heterocycles. The van der Waals surface area contributed by atoms with E-state index in [1.54, 1.807) is 12.1 Å². The van der Waals surface area contributed by atoms with Crippen LogP contribution in [0.2, 0.25) is 5.02 Å². The van der Waals surface area contributed by atoms with E-state index >= 15 is 0 Å². The van der Waals surface area contributed by atoms with Gasteiger partial charge in [-0.25, -0.2) is 0 Å². The van der Waals surface area contributed by atoms with Crippen molar-refractivity contribution in [2.75, 3.05) is 0 Å². The van der Waals surface area contributed by atoms with Gasteiger partial charge < -0.3 is 5.11 Å². The highest BCUT2D eigenvalue weighted by Crippen LogP contribution is 2.37. The highest BCUT2D eigenvalue weighted by atomic mass is 35.5. The van der Waals surface area contributed by atoms with Gasteiger partial charge in [-0.3, -0.25) is 0 Å². The molecule has 0 radical (unpaired) electrons. The Labute approximate surface area is 77.0 Å². The minimum atomic E-state index is 0.342. The lowest BCUT2D eigenvalue weighted by atomic mass is 10.1. The summed E-state index contributed by atoms with van der Waals surface area (Å²) in [6.07, 6.45) is 3.50. The van der Waals surface area contributed by atoms with Crippen molar-refractivity contribution in [2.24, 2.45) is 5.92 Å². The zero-order chi connectivity index (χ0) is 8.55. The van der Waals surface area contributed by atoms with Crippen molar-refractivity contribution in [1.82, 2.24) is 0 Å². The van der Waals surface area contributed by atoms with Crippen molar-refractivity contribution in [3.63, 3.8) is 0 Å². The van der Waals surface area contributed by atoms with Crippen LogP contribution in [0.5, 0.6) is 5.75 Å². The molecule has 1 aliphatic carbocycles. The molecule has 0 heterocycles. The third-order valence-electron chi connectivity index (χ3n) is 2.28. The van der Waals surface area contributed by atoms with Crippen molar-refractivity contribution < 1.29 is 5.11 Å². The minimum absolute atomic E-state index is 0.342. The Bertz CT molecular complexity index is 272. The van der Waals surface area contributed by atoms with Crippen LogP contribution in [0.4, 0.5) is 0 Å². The Morgan fingerprint density at radius 1 is 1.42 bits per heavy atom. The highest BCUT2D eigenvalue weighted by molar-refractivity contribution is 6.31. The Morgan fingerprint density at radius 3 is 2.75 bits per heavy atom. The molecule has 1 nitrogen and oxygen atoms in total. The molecule has 0 aromatic heterocycles. The average molecular weight is 183 g/mol. The van der Waals surface area contributed by atoms with Crippen LogP contribution in [0.25, 0.3) is 0 Å². The average Bonchev–Trinajstić information content (AvgIpc) is 2.80. The lowest BCUT2D eigenvalue weighted by molar-refractivity contribution is 0.466. The molecule has 64 valence electrons. The molecular formula is C10H11ClO. The third kappa shape index (κ3) is 1.56. The van der Waals surface area contributed by atoms with Crippen LogP contribution in [-0.2, 0) is 6.42 Å². The summed E-state index contributed by atoms with van der Waals surface area (Å²) in [5, 5.41) is 10.2. The third-order valence-corrected chi connectivity index (χ3v) is 2.64. The lowest BCUT2D eigenvalue weighted by Crippen LogP contribution is -1.88. The summed E-state index contributed by atoms with van der Waals surface area (Å²) in [5.74, 6) is 1.10. The van der Waals surface area contributed by atoms with Gasteiger partial charge in [0.05, 0.1) is 0 Å². The summed E-state index contributed by atoms with van der Waals surface area (Å²) in [6, 6.07) is 5.30. The van der Waals surface area contributed by atoms with E-state index in [9.17, 15) is 5.11 Å². The van der Waals surface area contributed by atoms with Crippen molar-refractivity contribution in [1.29, 1.82) is 0 Å². The zero-order valence-electron chi connectivity index (χ0n) is 6.76. The second-order valence-electron chi connectivity index (χ2n) is 3.39. The van der Waals surface area contributed by atoms with Gasteiger partial charge in [-0.1, -0.05) is 17.7 Å². The van der Waals surface area contributed by atoms with Gasteiger partial charge in [0.2, 0.25) is 0 Å². The molecule has 1 N–H and O–H groups in total. The van der Waals surface area contributed by atoms with E-state index in [0.717, 1.165) is 17.9 Å². The summed E-state index contributed by atoms with van der Waals surface area (Å²) in [7, 11) is 0. The molecule has 2 rings (SSSR count). The van der Waals surface area contributed by atoms with Gasteiger partial charge in [-0.15, -0.1) is 0 Å². The molecule has 1 aromatic rings. The fourth-order valence-corrected chi connectivity index (χ4v) is 1.61. The number of phenolic OH excluding ortho intramolecular Hbond substituents is 1. The standard InChI is InChI=1S/C10H11ClO/c11-9-2-1-3-10(12)8(9)6-7-4-5-7/h1-3,7,12H,4-6H2. The summed E-state index contributed by atoms with van der Waals surface area (Å²) in [5.41, 5.74) is 0.918. The van der Waals surface area contributed by atoms with E-state index in [1.165, 1.54) is 12.8 Å². The summed E-state index contributed by atoms with van der Waals surface area (Å²) in [4.78, 5) is 0. The number of phenols is 1. The topological polar surface area (TPSA) is 20.2 Å². The Balaban J connectivity index is 2.26. The van der Waals surface area contributed by atoms with E-state index in [0.29, 0.717) is 10.8 Å². The first-order valence-corrected chi connectivity index (χ1v) is 4.61. The van der Waals surface area contributed by atoms with Crippen LogP contribution in [0.3, 0.4) is 0 Å². The first kappa shape index (κ1) is 7.93. The van der Waals surface area contributed by atoms with Gasteiger partial charge in [0, 0.05) is 10.6 Å². The lowest BCUT2D eigenvalue weighted by Gasteiger charge is -2.04. The van der Waals surface area contributed by atoms with Crippen molar-refractivity contribution in [3.8, 4) is 5.75 Å². The number of hydrogen-bond acceptors (Lipinski definition) is 1. The number of aromatic hydroxyl groups is 1. The molecule has 0 atom stereocenters. The van der Waals surface area contributed by atoms with E-state index in [2.05, 4.69) is 0 Å². The van der Waals surface area contributed by atoms with Gasteiger partial charge in [0.15, 0.2) is 0 Å².